The summed E-state index contributed by atoms with van der Waals surface area (Å²) in [5, 5.41) is 31.3. The monoisotopic (exact) mass is 444 g/mol. The number of aromatic hydroxyl groups is 1. The molecule has 0 spiro atoms. The van der Waals surface area contributed by atoms with Gasteiger partial charge in [0.05, 0.1) is 6.54 Å². The van der Waals surface area contributed by atoms with E-state index < -0.39 is 35.3 Å². The summed E-state index contributed by atoms with van der Waals surface area (Å²) < 4.78 is 0. The van der Waals surface area contributed by atoms with Gasteiger partial charge in [-0.3, -0.25) is 14.9 Å². The van der Waals surface area contributed by atoms with Gasteiger partial charge in [-0.25, -0.2) is 4.79 Å². The number of amides is 1. The molecule has 3 rings (SSSR count). The van der Waals surface area contributed by atoms with Gasteiger partial charge in [-0.05, 0) is 24.5 Å². The van der Waals surface area contributed by atoms with E-state index in [-0.39, 0.29) is 24.5 Å². The number of hydrogen-bond donors (Lipinski definition) is 4. The number of aliphatic carboxylic acids is 2. The smallest absolute Gasteiger partial charge is 0.327 e. The molecule has 0 radical (unpaired) electrons. The van der Waals surface area contributed by atoms with Gasteiger partial charge in [0.1, 0.15) is 23.2 Å². The molecule has 0 saturated carbocycles. The van der Waals surface area contributed by atoms with E-state index >= 15 is 0 Å². The maximum Gasteiger partial charge on any atom is 0.327 e. The summed E-state index contributed by atoms with van der Waals surface area (Å²) in [5.41, 5.74) is 1.44. The van der Waals surface area contributed by atoms with Crippen LogP contribution >= 0.6 is 11.8 Å². The number of carbonyl (C=O) groups is 3. The molecule has 9 heteroatoms. The van der Waals surface area contributed by atoms with Crippen LogP contribution in [0.3, 0.4) is 0 Å². The van der Waals surface area contributed by atoms with Crippen LogP contribution in [0.4, 0.5) is 0 Å². The number of thioether (sulfide) groups is 1. The Kier molecular flexibility index (Phi) is 7.54. The van der Waals surface area contributed by atoms with E-state index in [2.05, 4.69) is 5.32 Å². The predicted molar refractivity (Wildman–Crippen MR) is 116 cm³/mol. The highest BCUT2D eigenvalue weighted by atomic mass is 32.2. The van der Waals surface area contributed by atoms with Gasteiger partial charge in [0.15, 0.2) is 0 Å². The molecule has 2 aromatic carbocycles. The molecule has 31 heavy (non-hydrogen) atoms. The molecule has 1 saturated heterocycles. The number of para-hydroxylation sites is 1. The molecule has 1 amide bonds. The van der Waals surface area contributed by atoms with Crippen LogP contribution in [-0.2, 0) is 20.8 Å². The van der Waals surface area contributed by atoms with Crippen LogP contribution in [0.15, 0.2) is 54.6 Å². The fraction of sp³-hybridized carbons (Fsp3) is 0.318. The molecule has 0 aromatic heterocycles. The number of rotatable bonds is 9. The van der Waals surface area contributed by atoms with Crippen molar-refractivity contribution >= 4 is 29.6 Å². The average Bonchev–Trinajstić information content (AvgIpc) is 3.19. The van der Waals surface area contributed by atoms with Gasteiger partial charge >= 0.3 is 11.9 Å². The van der Waals surface area contributed by atoms with Crippen molar-refractivity contribution in [3.05, 3.63) is 65.7 Å². The number of carboxylic acid groups (broad SMARTS) is 2. The second-order valence-corrected chi connectivity index (χ2v) is 8.31. The first kappa shape index (κ1) is 22.6. The molecule has 1 heterocycles. The third-order valence-electron chi connectivity index (χ3n) is 5.14. The Bertz CT molecular complexity index is 939. The van der Waals surface area contributed by atoms with Crippen LogP contribution in [0.5, 0.6) is 5.75 Å². The number of phenolic OH excluding ortho intramolecular Hbond substituents is 1. The van der Waals surface area contributed by atoms with Crippen molar-refractivity contribution in [2.75, 3.05) is 12.3 Å². The summed E-state index contributed by atoms with van der Waals surface area (Å²) in [6.07, 6.45) is 0.809. The fourth-order valence-corrected chi connectivity index (χ4v) is 4.98. The Hall–Kier alpha value is -3.04. The Morgan fingerprint density at radius 1 is 1.06 bits per heavy atom. The Morgan fingerprint density at radius 2 is 1.74 bits per heavy atom. The van der Waals surface area contributed by atoms with E-state index in [0.717, 1.165) is 5.56 Å². The zero-order valence-corrected chi connectivity index (χ0v) is 17.5. The maximum absolute atomic E-state index is 13.0. The van der Waals surface area contributed by atoms with Crippen molar-refractivity contribution in [1.82, 2.24) is 10.2 Å². The Balaban J connectivity index is 1.69. The van der Waals surface area contributed by atoms with E-state index in [1.165, 1.54) is 22.7 Å². The molecule has 0 aliphatic carbocycles. The second-order valence-electron chi connectivity index (χ2n) is 7.20. The molecule has 8 nitrogen and oxygen atoms in total. The number of phenols is 1. The van der Waals surface area contributed by atoms with Gasteiger partial charge in [0.2, 0.25) is 5.91 Å². The van der Waals surface area contributed by atoms with Gasteiger partial charge < -0.3 is 20.2 Å². The summed E-state index contributed by atoms with van der Waals surface area (Å²) in [7, 11) is 0. The minimum Gasteiger partial charge on any atom is -0.508 e. The number of nitrogens with one attached hydrogen (secondary N) is 1. The summed E-state index contributed by atoms with van der Waals surface area (Å²) in [5.74, 6) is -2.60. The molecule has 2 unspecified atom stereocenters. The van der Waals surface area contributed by atoms with Gasteiger partial charge in [0.25, 0.3) is 0 Å². The quantitative estimate of drug-likeness (QED) is 0.463. The number of carbonyl (C=O) groups excluding carboxylic acids is 1. The van der Waals surface area contributed by atoms with Crippen molar-refractivity contribution in [1.29, 1.82) is 0 Å². The maximum atomic E-state index is 13.0. The summed E-state index contributed by atoms with van der Waals surface area (Å²) in [4.78, 5) is 37.5. The third kappa shape index (κ3) is 5.56. The molecular formula is C22H24N2O6S. The standard InChI is InChI=1S/C22H24N2O6S/c25-18-9-5-4-8-15(18)20-24(17(13-31-20)22(29)30)19(26)12-23-16(21(27)28)11-10-14-6-2-1-3-7-14/h1-9,16-17,20,23,25H,10-13H2,(H,27,28)(H,29,30)/t16?,17-,20?/m0/s1. The molecule has 164 valence electrons. The van der Waals surface area contributed by atoms with E-state index in [0.29, 0.717) is 12.0 Å². The van der Waals surface area contributed by atoms with Crippen molar-refractivity contribution in [3.8, 4) is 5.75 Å². The summed E-state index contributed by atoms with van der Waals surface area (Å²) in [6, 6.07) is 13.9. The number of carboxylic acids is 2. The zero-order valence-electron chi connectivity index (χ0n) is 16.7. The van der Waals surface area contributed by atoms with Crippen LogP contribution in [0.25, 0.3) is 0 Å². The molecule has 4 N–H and O–H groups in total. The first-order chi connectivity index (χ1) is 14.9. The third-order valence-corrected chi connectivity index (χ3v) is 6.44. The minimum absolute atomic E-state index is 0.0249. The summed E-state index contributed by atoms with van der Waals surface area (Å²) >= 11 is 1.25. The van der Waals surface area contributed by atoms with E-state index in [9.17, 15) is 29.7 Å². The lowest BCUT2D eigenvalue weighted by atomic mass is 10.1. The number of aryl methyl sites for hydroxylation is 1. The Labute approximate surface area is 183 Å². The number of benzene rings is 2. The van der Waals surface area contributed by atoms with Crippen molar-refractivity contribution in [3.63, 3.8) is 0 Å². The SMILES string of the molecule is O=C(O)C(CCc1ccccc1)NCC(=O)N1C(c2ccccc2O)SC[C@H]1C(=O)O. The molecule has 2 aromatic rings. The van der Waals surface area contributed by atoms with Crippen LogP contribution < -0.4 is 5.32 Å². The van der Waals surface area contributed by atoms with Gasteiger partial charge in [-0.1, -0.05) is 48.5 Å². The normalized spacial score (nSPS) is 19.2. The van der Waals surface area contributed by atoms with E-state index in [1.807, 2.05) is 30.3 Å². The molecule has 1 aliphatic heterocycles. The van der Waals surface area contributed by atoms with Crippen LogP contribution in [0.1, 0.15) is 22.9 Å². The van der Waals surface area contributed by atoms with Gasteiger partial charge in [0, 0.05) is 11.3 Å². The zero-order chi connectivity index (χ0) is 22.4. The largest absolute Gasteiger partial charge is 0.508 e. The molecule has 0 bridgehead atoms. The fourth-order valence-electron chi connectivity index (χ4n) is 3.51. The first-order valence-corrected chi connectivity index (χ1v) is 10.9. The van der Waals surface area contributed by atoms with Crippen molar-refractivity contribution < 1.29 is 29.7 Å². The van der Waals surface area contributed by atoms with Crippen LogP contribution in [-0.4, -0.2) is 62.4 Å². The second kappa shape index (κ2) is 10.3. The summed E-state index contributed by atoms with van der Waals surface area (Å²) in [6.45, 7) is -0.319. The van der Waals surface area contributed by atoms with Crippen molar-refractivity contribution in [2.24, 2.45) is 0 Å². The first-order valence-electron chi connectivity index (χ1n) is 9.82. The highest BCUT2D eigenvalue weighted by Crippen LogP contribution is 2.44. The lowest BCUT2D eigenvalue weighted by molar-refractivity contribution is -0.149. The highest BCUT2D eigenvalue weighted by Gasteiger charge is 2.43. The lowest BCUT2D eigenvalue weighted by Crippen LogP contribution is -2.49. The molecular weight excluding hydrogens is 420 g/mol. The predicted octanol–water partition coefficient (Wildman–Crippen LogP) is 2.09. The van der Waals surface area contributed by atoms with Crippen LogP contribution in [0, 0.1) is 0 Å². The van der Waals surface area contributed by atoms with E-state index in [1.54, 1.807) is 18.2 Å². The van der Waals surface area contributed by atoms with Gasteiger partial charge in [-0.2, -0.15) is 0 Å². The topological polar surface area (TPSA) is 127 Å². The number of nitrogens with zero attached hydrogens (tertiary/aromatic N) is 1. The highest BCUT2D eigenvalue weighted by molar-refractivity contribution is 7.99. The lowest BCUT2D eigenvalue weighted by Gasteiger charge is -2.28. The van der Waals surface area contributed by atoms with Crippen molar-refractivity contribution in [2.45, 2.75) is 30.3 Å². The van der Waals surface area contributed by atoms with Gasteiger partial charge in [-0.15, -0.1) is 11.8 Å². The van der Waals surface area contributed by atoms with E-state index in [4.69, 9.17) is 0 Å². The molecule has 3 atom stereocenters. The Morgan fingerprint density at radius 3 is 2.39 bits per heavy atom. The average molecular weight is 445 g/mol. The molecule has 1 fully saturated rings. The minimum atomic E-state index is -1.14. The molecule has 1 aliphatic rings. The number of hydrogen-bond acceptors (Lipinski definition) is 6. The van der Waals surface area contributed by atoms with Crippen LogP contribution in [0.2, 0.25) is 0 Å².